The zero-order chi connectivity index (χ0) is 15.6. The van der Waals surface area contributed by atoms with E-state index in [9.17, 15) is 8.42 Å². The normalized spacial score (nSPS) is 11.2. The van der Waals surface area contributed by atoms with Gasteiger partial charge in [-0.3, -0.25) is 9.71 Å². The summed E-state index contributed by atoms with van der Waals surface area (Å²) < 4.78 is 34.2. The molecule has 0 atom stereocenters. The number of benzene rings is 1. The molecule has 0 unspecified atom stereocenters. The molecule has 0 saturated carbocycles. The van der Waals surface area contributed by atoms with Crippen LogP contribution in [0.15, 0.2) is 48.9 Å². The minimum Gasteiger partial charge on any atom is -0.495 e. The van der Waals surface area contributed by atoms with E-state index in [1.165, 1.54) is 25.6 Å². The lowest BCUT2D eigenvalue weighted by Crippen LogP contribution is -2.13. The summed E-state index contributed by atoms with van der Waals surface area (Å²) in [6, 6.07) is 4.76. The third-order valence-corrected chi connectivity index (χ3v) is 5.52. The van der Waals surface area contributed by atoms with Crippen molar-refractivity contribution in [3.05, 3.63) is 44.0 Å². The van der Waals surface area contributed by atoms with Gasteiger partial charge in [-0.25, -0.2) is 8.42 Å². The predicted octanol–water partition coefficient (Wildman–Crippen LogP) is 4.18. The molecule has 2 aromatic rings. The quantitative estimate of drug-likeness (QED) is 0.684. The number of hydrogen-bond donors (Lipinski definition) is 1. The molecule has 0 aliphatic carbocycles. The van der Waals surface area contributed by atoms with E-state index >= 15 is 0 Å². The number of aromatic nitrogens is 1. The number of nitrogens with one attached hydrogen (secondary N) is 1. The van der Waals surface area contributed by atoms with Gasteiger partial charge >= 0.3 is 0 Å². The first-order valence-corrected chi connectivity index (χ1v) is 9.36. The van der Waals surface area contributed by atoms with Crippen molar-refractivity contribution in [1.82, 2.24) is 4.98 Å². The molecule has 0 spiro atoms. The van der Waals surface area contributed by atoms with Crippen LogP contribution in [0.4, 0.5) is 5.69 Å². The summed E-state index contributed by atoms with van der Waals surface area (Å²) >= 11 is 9.84. The Morgan fingerprint density at radius 1 is 1.10 bits per heavy atom. The summed E-state index contributed by atoms with van der Waals surface area (Å²) in [6.07, 6.45) is 2.79. The summed E-state index contributed by atoms with van der Waals surface area (Å²) in [4.78, 5) is 3.91. The minimum atomic E-state index is -3.74. The molecule has 9 heteroatoms. The van der Waals surface area contributed by atoms with Crippen molar-refractivity contribution in [3.63, 3.8) is 0 Å². The highest BCUT2D eigenvalue weighted by atomic mass is 79.9. The van der Waals surface area contributed by atoms with Crippen molar-refractivity contribution in [2.75, 3.05) is 11.8 Å². The third kappa shape index (κ3) is 3.97. The van der Waals surface area contributed by atoms with Crippen LogP contribution >= 0.6 is 47.8 Å². The first kappa shape index (κ1) is 16.7. The number of nitrogens with zero attached hydrogens (tertiary/aromatic N) is 1. The van der Waals surface area contributed by atoms with Gasteiger partial charge in [0.1, 0.15) is 10.6 Å². The fourth-order valence-corrected chi connectivity index (χ4v) is 4.47. The maximum atomic E-state index is 12.3. The second-order valence-corrected chi connectivity index (χ2v) is 8.22. The van der Waals surface area contributed by atoms with E-state index in [-0.39, 0.29) is 4.90 Å². The Hall–Kier alpha value is -0.640. The van der Waals surface area contributed by atoms with Gasteiger partial charge in [0, 0.05) is 27.4 Å². The monoisotopic (exact) mass is 498 g/mol. The van der Waals surface area contributed by atoms with Gasteiger partial charge in [0.25, 0.3) is 10.0 Å². The maximum Gasteiger partial charge on any atom is 0.263 e. The summed E-state index contributed by atoms with van der Waals surface area (Å²) in [7, 11) is -2.24. The lowest BCUT2D eigenvalue weighted by atomic mass is 10.3. The van der Waals surface area contributed by atoms with Crippen LogP contribution in [-0.2, 0) is 10.0 Å². The molecule has 0 aliphatic heterocycles. The number of pyridine rings is 1. The van der Waals surface area contributed by atoms with E-state index in [0.717, 1.165) is 0 Å². The van der Waals surface area contributed by atoms with Gasteiger partial charge in [-0.05, 0) is 59.9 Å². The van der Waals surface area contributed by atoms with Crippen molar-refractivity contribution >= 4 is 63.5 Å². The van der Waals surface area contributed by atoms with Crippen LogP contribution in [-0.4, -0.2) is 20.5 Å². The van der Waals surface area contributed by atoms with Gasteiger partial charge in [-0.2, -0.15) is 0 Å². The maximum absolute atomic E-state index is 12.3. The SMILES string of the molecule is COc1cc(NS(=O)(=O)c2cncc(Br)c2)c(Br)cc1Br. The van der Waals surface area contributed by atoms with Gasteiger partial charge in [-0.15, -0.1) is 0 Å². The van der Waals surface area contributed by atoms with E-state index in [4.69, 9.17) is 4.74 Å². The average molecular weight is 501 g/mol. The number of rotatable bonds is 4. The molecule has 1 N–H and O–H groups in total. The molecule has 21 heavy (non-hydrogen) atoms. The Bertz CT molecular complexity index is 781. The standard InChI is InChI=1S/C12H9Br3N2O3S/c1-20-12-4-11(9(14)3-10(12)15)17-21(18,19)8-2-7(13)5-16-6-8/h2-6,17H,1H3. The van der Waals surface area contributed by atoms with Gasteiger partial charge in [0.05, 0.1) is 17.3 Å². The lowest BCUT2D eigenvalue weighted by Gasteiger charge is -2.12. The molecule has 0 fully saturated rings. The number of anilines is 1. The highest BCUT2D eigenvalue weighted by Gasteiger charge is 2.18. The molecule has 1 heterocycles. The highest BCUT2D eigenvalue weighted by Crippen LogP contribution is 2.35. The molecular weight excluding hydrogens is 492 g/mol. The Labute approximate surface area is 147 Å². The van der Waals surface area contributed by atoms with Crippen LogP contribution in [0.1, 0.15) is 0 Å². The Morgan fingerprint density at radius 3 is 2.43 bits per heavy atom. The van der Waals surface area contributed by atoms with Gasteiger partial charge in [0.15, 0.2) is 0 Å². The van der Waals surface area contributed by atoms with Gasteiger partial charge in [0.2, 0.25) is 0 Å². The van der Waals surface area contributed by atoms with Crippen LogP contribution in [0.5, 0.6) is 5.75 Å². The van der Waals surface area contributed by atoms with Crippen LogP contribution in [0.25, 0.3) is 0 Å². The summed E-state index contributed by atoms with van der Waals surface area (Å²) in [5.41, 5.74) is 0.370. The number of hydrogen-bond acceptors (Lipinski definition) is 4. The van der Waals surface area contributed by atoms with Crippen molar-refractivity contribution in [2.24, 2.45) is 0 Å². The topological polar surface area (TPSA) is 68.3 Å². The van der Waals surface area contributed by atoms with Crippen LogP contribution in [0, 0.1) is 0 Å². The van der Waals surface area contributed by atoms with E-state index in [2.05, 4.69) is 57.5 Å². The Kier molecular flexibility index (Phi) is 5.29. The zero-order valence-corrected chi connectivity index (χ0v) is 16.2. The van der Waals surface area contributed by atoms with Crippen molar-refractivity contribution < 1.29 is 13.2 Å². The zero-order valence-electron chi connectivity index (χ0n) is 10.6. The summed E-state index contributed by atoms with van der Waals surface area (Å²) in [5, 5.41) is 0. The molecule has 1 aromatic heterocycles. The Morgan fingerprint density at radius 2 is 1.81 bits per heavy atom. The summed E-state index contributed by atoms with van der Waals surface area (Å²) in [6.45, 7) is 0. The lowest BCUT2D eigenvalue weighted by molar-refractivity contribution is 0.412. The van der Waals surface area contributed by atoms with E-state index in [0.29, 0.717) is 24.9 Å². The first-order valence-electron chi connectivity index (χ1n) is 5.50. The number of methoxy groups -OCH3 is 1. The molecule has 1 aromatic carbocycles. The smallest absolute Gasteiger partial charge is 0.263 e. The van der Waals surface area contributed by atoms with E-state index in [1.807, 2.05) is 0 Å². The molecule has 0 aliphatic rings. The molecular formula is C12H9Br3N2O3S. The fraction of sp³-hybridized carbons (Fsp3) is 0.0833. The Balaban J connectivity index is 2.41. The molecule has 112 valence electrons. The summed E-state index contributed by atoms with van der Waals surface area (Å²) in [5.74, 6) is 0.517. The van der Waals surface area contributed by atoms with Crippen molar-refractivity contribution in [1.29, 1.82) is 0 Å². The molecule has 2 rings (SSSR count). The first-order chi connectivity index (χ1) is 9.83. The average Bonchev–Trinajstić information content (AvgIpc) is 2.42. The fourth-order valence-electron chi connectivity index (χ4n) is 1.51. The molecule has 5 nitrogen and oxygen atoms in total. The largest absolute Gasteiger partial charge is 0.495 e. The van der Waals surface area contributed by atoms with Crippen molar-refractivity contribution in [2.45, 2.75) is 4.90 Å². The van der Waals surface area contributed by atoms with Crippen LogP contribution in [0.2, 0.25) is 0 Å². The van der Waals surface area contributed by atoms with Crippen molar-refractivity contribution in [3.8, 4) is 5.75 Å². The van der Waals surface area contributed by atoms with Gasteiger partial charge < -0.3 is 4.74 Å². The molecule has 0 amide bonds. The number of halogens is 3. The third-order valence-electron chi connectivity index (χ3n) is 2.48. The van der Waals surface area contributed by atoms with Crippen LogP contribution in [0.3, 0.4) is 0 Å². The van der Waals surface area contributed by atoms with E-state index in [1.54, 1.807) is 12.1 Å². The number of ether oxygens (including phenoxy) is 1. The molecule has 0 radical (unpaired) electrons. The second-order valence-electron chi connectivity index (χ2n) is 3.91. The van der Waals surface area contributed by atoms with Gasteiger partial charge in [-0.1, -0.05) is 0 Å². The van der Waals surface area contributed by atoms with Crippen LogP contribution < -0.4 is 9.46 Å². The second kappa shape index (κ2) is 6.64. The number of sulfonamides is 1. The molecule has 0 saturated heterocycles. The highest BCUT2D eigenvalue weighted by molar-refractivity contribution is 9.11. The van der Waals surface area contributed by atoms with E-state index < -0.39 is 10.0 Å². The minimum absolute atomic E-state index is 0.0608. The molecule has 0 bridgehead atoms. The predicted molar refractivity (Wildman–Crippen MR) is 91.1 cm³/mol.